The molecule has 0 aromatic rings. The lowest BCUT2D eigenvalue weighted by molar-refractivity contribution is 0.586. The highest BCUT2D eigenvalue weighted by molar-refractivity contribution is 5.82. The Hall–Kier alpha value is -0.530. The molecule has 1 rings (SSSR count). The van der Waals surface area contributed by atoms with Gasteiger partial charge in [0.05, 0.1) is 5.84 Å². The van der Waals surface area contributed by atoms with Crippen LogP contribution >= 0.6 is 0 Å². The Bertz CT molecular complexity index is 132. The van der Waals surface area contributed by atoms with Crippen LogP contribution in [0.4, 0.5) is 0 Å². The van der Waals surface area contributed by atoms with Crippen LogP contribution in [0.5, 0.6) is 0 Å². The standard InChI is InChI=1S/C9H18N2/c1-11-9(10)8-6-4-2-3-5-7-8/h8H,2-7H2,1H3,(H2,10,11). The maximum absolute atomic E-state index is 5.77. The van der Waals surface area contributed by atoms with E-state index in [9.17, 15) is 0 Å². The third-order valence-electron chi connectivity index (χ3n) is 2.53. The lowest BCUT2D eigenvalue weighted by Gasteiger charge is -2.11. The fourth-order valence-electron chi connectivity index (χ4n) is 1.76. The summed E-state index contributed by atoms with van der Waals surface area (Å²) in [6, 6.07) is 0. The van der Waals surface area contributed by atoms with Crippen LogP contribution in [0.25, 0.3) is 0 Å². The molecule has 2 N–H and O–H groups in total. The van der Waals surface area contributed by atoms with Gasteiger partial charge in [0.25, 0.3) is 0 Å². The number of nitrogens with zero attached hydrogens (tertiary/aromatic N) is 1. The van der Waals surface area contributed by atoms with Gasteiger partial charge in [0.1, 0.15) is 0 Å². The molecule has 1 saturated carbocycles. The van der Waals surface area contributed by atoms with Gasteiger partial charge in [-0.1, -0.05) is 25.7 Å². The van der Waals surface area contributed by atoms with Crippen LogP contribution in [0.1, 0.15) is 38.5 Å². The molecule has 0 spiro atoms. The average molecular weight is 154 g/mol. The summed E-state index contributed by atoms with van der Waals surface area (Å²) in [5.41, 5.74) is 5.77. The zero-order valence-electron chi connectivity index (χ0n) is 7.34. The average Bonchev–Trinajstić information content (AvgIpc) is 2.30. The van der Waals surface area contributed by atoms with Gasteiger partial charge in [-0.25, -0.2) is 0 Å². The Morgan fingerprint density at radius 3 is 2.18 bits per heavy atom. The van der Waals surface area contributed by atoms with E-state index in [1.165, 1.54) is 38.5 Å². The van der Waals surface area contributed by atoms with Gasteiger partial charge in [-0.2, -0.15) is 0 Å². The maximum atomic E-state index is 5.77. The fraction of sp³-hybridized carbons (Fsp3) is 0.889. The van der Waals surface area contributed by atoms with Crippen LogP contribution in [0.3, 0.4) is 0 Å². The van der Waals surface area contributed by atoms with Gasteiger partial charge in [0.15, 0.2) is 0 Å². The molecule has 0 radical (unpaired) electrons. The Morgan fingerprint density at radius 2 is 1.73 bits per heavy atom. The van der Waals surface area contributed by atoms with Gasteiger partial charge >= 0.3 is 0 Å². The number of hydrogen-bond acceptors (Lipinski definition) is 1. The van der Waals surface area contributed by atoms with Gasteiger partial charge < -0.3 is 5.73 Å². The lowest BCUT2D eigenvalue weighted by atomic mass is 9.99. The van der Waals surface area contributed by atoms with Crippen molar-refractivity contribution in [3.05, 3.63) is 0 Å². The van der Waals surface area contributed by atoms with Crippen molar-refractivity contribution < 1.29 is 0 Å². The van der Waals surface area contributed by atoms with E-state index in [4.69, 9.17) is 5.73 Å². The van der Waals surface area contributed by atoms with Crippen molar-refractivity contribution in [3.8, 4) is 0 Å². The first kappa shape index (κ1) is 8.57. The molecular formula is C9H18N2. The third kappa shape index (κ3) is 2.52. The molecular weight excluding hydrogens is 136 g/mol. The number of hydrogen-bond donors (Lipinski definition) is 1. The van der Waals surface area contributed by atoms with Crippen LogP contribution < -0.4 is 5.73 Å². The van der Waals surface area contributed by atoms with E-state index in [0.29, 0.717) is 5.92 Å². The summed E-state index contributed by atoms with van der Waals surface area (Å²) in [7, 11) is 1.79. The highest BCUT2D eigenvalue weighted by atomic mass is 14.8. The molecule has 1 aliphatic rings. The second kappa shape index (κ2) is 4.37. The van der Waals surface area contributed by atoms with E-state index >= 15 is 0 Å². The largest absolute Gasteiger partial charge is 0.387 e. The van der Waals surface area contributed by atoms with Crippen molar-refractivity contribution in [1.29, 1.82) is 0 Å². The topological polar surface area (TPSA) is 38.4 Å². The van der Waals surface area contributed by atoms with Crippen LogP contribution in [-0.2, 0) is 0 Å². The molecule has 2 nitrogen and oxygen atoms in total. The Kier molecular flexibility index (Phi) is 3.40. The molecule has 0 heterocycles. The molecule has 11 heavy (non-hydrogen) atoms. The van der Waals surface area contributed by atoms with E-state index < -0.39 is 0 Å². The second-order valence-corrected chi connectivity index (χ2v) is 3.34. The fourth-order valence-corrected chi connectivity index (χ4v) is 1.76. The summed E-state index contributed by atoms with van der Waals surface area (Å²) in [6.45, 7) is 0. The highest BCUT2D eigenvalue weighted by Gasteiger charge is 2.14. The Morgan fingerprint density at radius 1 is 1.18 bits per heavy atom. The van der Waals surface area contributed by atoms with Crippen molar-refractivity contribution in [2.24, 2.45) is 16.6 Å². The van der Waals surface area contributed by atoms with Gasteiger partial charge in [-0.05, 0) is 12.8 Å². The number of aliphatic imine (C=N–C) groups is 1. The summed E-state index contributed by atoms with van der Waals surface area (Å²) < 4.78 is 0. The van der Waals surface area contributed by atoms with Crippen LogP contribution in [0.2, 0.25) is 0 Å². The van der Waals surface area contributed by atoms with Crippen LogP contribution in [0.15, 0.2) is 4.99 Å². The van der Waals surface area contributed by atoms with Crippen molar-refractivity contribution in [2.45, 2.75) is 38.5 Å². The molecule has 0 saturated heterocycles. The first-order valence-electron chi connectivity index (χ1n) is 4.56. The Labute approximate surface area is 68.9 Å². The molecule has 0 aromatic carbocycles. The predicted octanol–water partition coefficient (Wildman–Crippen LogP) is 1.94. The Balaban J connectivity index is 2.42. The molecule has 0 aliphatic heterocycles. The van der Waals surface area contributed by atoms with E-state index in [2.05, 4.69) is 4.99 Å². The number of amidine groups is 1. The van der Waals surface area contributed by atoms with Gasteiger partial charge in [-0.15, -0.1) is 0 Å². The second-order valence-electron chi connectivity index (χ2n) is 3.34. The minimum Gasteiger partial charge on any atom is -0.387 e. The monoisotopic (exact) mass is 154 g/mol. The zero-order valence-corrected chi connectivity index (χ0v) is 7.34. The molecule has 0 amide bonds. The van der Waals surface area contributed by atoms with Crippen molar-refractivity contribution >= 4 is 5.84 Å². The molecule has 0 atom stereocenters. The predicted molar refractivity (Wildman–Crippen MR) is 48.7 cm³/mol. The van der Waals surface area contributed by atoms with Gasteiger partial charge in [0, 0.05) is 13.0 Å². The molecule has 64 valence electrons. The summed E-state index contributed by atoms with van der Waals surface area (Å²) >= 11 is 0. The zero-order chi connectivity index (χ0) is 8.10. The third-order valence-corrected chi connectivity index (χ3v) is 2.53. The first-order valence-corrected chi connectivity index (χ1v) is 4.56. The molecule has 1 fully saturated rings. The first-order chi connectivity index (χ1) is 5.34. The molecule has 0 aromatic heterocycles. The molecule has 1 aliphatic carbocycles. The quantitative estimate of drug-likeness (QED) is 0.350. The van der Waals surface area contributed by atoms with Crippen molar-refractivity contribution in [1.82, 2.24) is 0 Å². The minimum atomic E-state index is 0.586. The summed E-state index contributed by atoms with van der Waals surface area (Å²) in [5.74, 6) is 1.45. The summed E-state index contributed by atoms with van der Waals surface area (Å²) in [6.07, 6.45) is 7.94. The van der Waals surface area contributed by atoms with E-state index in [-0.39, 0.29) is 0 Å². The van der Waals surface area contributed by atoms with E-state index in [0.717, 1.165) is 5.84 Å². The highest BCUT2D eigenvalue weighted by Crippen LogP contribution is 2.22. The molecule has 0 unspecified atom stereocenters. The SMILES string of the molecule is CN=C(N)C1CCCCCC1. The number of nitrogens with two attached hydrogens (primary N) is 1. The van der Waals surface area contributed by atoms with Crippen molar-refractivity contribution in [3.63, 3.8) is 0 Å². The smallest absolute Gasteiger partial charge is 0.0964 e. The van der Waals surface area contributed by atoms with Gasteiger partial charge in [-0.3, -0.25) is 4.99 Å². The normalized spacial score (nSPS) is 23.2. The lowest BCUT2D eigenvalue weighted by Crippen LogP contribution is -2.22. The molecule has 2 heteroatoms. The summed E-state index contributed by atoms with van der Waals surface area (Å²) in [5, 5.41) is 0. The van der Waals surface area contributed by atoms with Gasteiger partial charge in [0.2, 0.25) is 0 Å². The van der Waals surface area contributed by atoms with E-state index in [1.54, 1.807) is 7.05 Å². The van der Waals surface area contributed by atoms with Crippen LogP contribution in [-0.4, -0.2) is 12.9 Å². The van der Waals surface area contributed by atoms with Crippen LogP contribution in [0, 0.1) is 5.92 Å². The molecule has 0 bridgehead atoms. The maximum Gasteiger partial charge on any atom is 0.0964 e. The minimum absolute atomic E-state index is 0.586. The summed E-state index contributed by atoms with van der Waals surface area (Å²) in [4.78, 5) is 4.05. The van der Waals surface area contributed by atoms with E-state index in [1.807, 2.05) is 0 Å². The number of rotatable bonds is 1. The van der Waals surface area contributed by atoms with Crippen molar-refractivity contribution in [2.75, 3.05) is 7.05 Å².